The van der Waals surface area contributed by atoms with E-state index in [1.807, 2.05) is 0 Å². The van der Waals surface area contributed by atoms with Crippen molar-refractivity contribution in [2.45, 2.75) is 25.4 Å². The Morgan fingerprint density at radius 1 is 1.17 bits per heavy atom. The fourth-order valence-corrected chi connectivity index (χ4v) is 4.03. The van der Waals surface area contributed by atoms with Gasteiger partial charge < -0.3 is 5.11 Å². The van der Waals surface area contributed by atoms with Crippen LogP contribution < -0.4 is 0 Å². The highest BCUT2D eigenvalue weighted by molar-refractivity contribution is 7.12. The maximum absolute atomic E-state index is 10.4. The highest BCUT2D eigenvalue weighted by atomic mass is 35.5. The Kier molecular flexibility index (Phi) is 3.37. The standard InChI is InChI=1S/C14H12Cl2OS/c15-9-4-5-11(16)10(7-9)14(17)13-6-8-2-1-3-12(8)18-13/h4-7,14,17H,1-3H2. The van der Waals surface area contributed by atoms with Crippen molar-refractivity contribution in [3.8, 4) is 0 Å². The highest BCUT2D eigenvalue weighted by Crippen LogP contribution is 2.38. The number of hydrogen-bond donors (Lipinski definition) is 1. The molecule has 0 spiro atoms. The lowest BCUT2D eigenvalue weighted by molar-refractivity contribution is 0.224. The van der Waals surface area contributed by atoms with Crippen LogP contribution in [-0.2, 0) is 12.8 Å². The Morgan fingerprint density at radius 3 is 2.78 bits per heavy atom. The van der Waals surface area contributed by atoms with Gasteiger partial charge in [-0.15, -0.1) is 11.3 Å². The van der Waals surface area contributed by atoms with Gasteiger partial charge in [0.25, 0.3) is 0 Å². The Bertz CT molecular complexity index is 570. The summed E-state index contributed by atoms with van der Waals surface area (Å²) in [6.45, 7) is 0. The van der Waals surface area contributed by atoms with Crippen molar-refractivity contribution in [3.05, 3.63) is 55.2 Å². The van der Waals surface area contributed by atoms with E-state index < -0.39 is 6.10 Å². The van der Waals surface area contributed by atoms with E-state index in [2.05, 4.69) is 6.07 Å². The number of aryl methyl sites for hydroxylation is 2. The third-order valence-electron chi connectivity index (χ3n) is 3.29. The number of hydrogen-bond acceptors (Lipinski definition) is 2. The van der Waals surface area contributed by atoms with Crippen molar-refractivity contribution >= 4 is 34.5 Å². The third-order valence-corrected chi connectivity index (χ3v) is 5.16. The molecule has 1 atom stereocenters. The van der Waals surface area contributed by atoms with E-state index >= 15 is 0 Å². The van der Waals surface area contributed by atoms with Crippen molar-refractivity contribution in [3.63, 3.8) is 0 Å². The van der Waals surface area contributed by atoms with Gasteiger partial charge in [0.05, 0.1) is 0 Å². The van der Waals surface area contributed by atoms with E-state index in [0.717, 1.165) is 17.7 Å². The molecule has 4 heteroatoms. The van der Waals surface area contributed by atoms with Crippen LogP contribution in [-0.4, -0.2) is 5.11 Å². The summed E-state index contributed by atoms with van der Waals surface area (Å²) in [6.07, 6.45) is 2.82. The molecule has 1 aliphatic rings. The van der Waals surface area contributed by atoms with Gasteiger partial charge in [-0.3, -0.25) is 0 Å². The molecule has 1 heterocycles. The number of halogens is 2. The first kappa shape index (κ1) is 12.5. The number of aliphatic hydroxyl groups excluding tert-OH is 1. The van der Waals surface area contributed by atoms with Crippen molar-refractivity contribution in [2.75, 3.05) is 0 Å². The minimum Gasteiger partial charge on any atom is -0.383 e. The second-order valence-electron chi connectivity index (χ2n) is 4.52. The van der Waals surface area contributed by atoms with E-state index in [-0.39, 0.29) is 0 Å². The van der Waals surface area contributed by atoms with E-state index in [1.165, 1.54) is 16.9 Å². The monoisotopic (exact) mass is 298 g/mol. The topological polar surface area (TPSA) is 20.2 Å². The molecule has 3 rings (SSSR count). The summed E-state index contributed by atoms with van der Waals surface area (Å²) in [5.74, 6) is 0. The van der Waals surface area contributed by atoms with Crippen LogP contribution in [0.3, 0.4) is 0 Å². The molecular weight excluding hydrogens is 287 g/mol. The first-order valence-corrected chi connectivity index (χ1v) is 7.47. The number of rotatable bonds is 2. The lowest BCUT2D eigenvalue weighted by atomic mass is 10.1. The normalized spacial score (nSPS) is 15.7. The summed E-state index contributed by atoms with van der Waals surface area (Å²) in [6, 6.07) is 7.30. The van der Waals surface area contributed by atoms with Crippen LogP contribution in [0.15, 0.2) is 24.3 Å². The predicted octanol–water partition coefficient (Wildman–Crippen LogP) is 4.63. The molecule has 94 valence electrons. The average Bonchev–Trinajstić information content (AvgIpc) is 2.91. The molecule has 1 nitrogen and oxygen atoms in total. The van der Waals surface area contributed by atoms with Gasteiger partial charge in [-0.05, 0) is 49.1 Å². The molecular formula is C14H12Cl2OS. The van der Waals surface area contributed by atoms with Crippen LogP contribution >= 0.6 is 34.5 Å². The van der Waals surface area contributed by atoms with Crippen molar-refractivity contribution in [1.29, 1.82) is 0 Å². The molecule has 0 aliphatic heterocycles. The second kappa shape index (κ2) is 4.86. The Balaban J connectivity index is 1.98. The quantitative estimate of drug-likeness (QED) is 0.857. The van der Waals surface area contributed by atoms with Crippen LogP contribution in [0.4, 0.5) is 0 Å². The zero-order chi connectivity index (χ0) is 12.7. The maximum Gasteiger partial charge on any atom is 0.115 e. The Labute approximate surface area is 120 Å². The van der Waals surface area contributed by atoms with E-state index in [9.17, 15) is 5.11 Å². The van der Waals surface area contributed by atoms with Gasteiger partial charge in [-0.1, -0.05) is 23.2 Å². The van der Waals surface area contributed by atoms with Gasteiger partial charge in [-0.25, -0.2) is 0 Å². The second-order valence-corrected chi connectivity index (χ2v) is 6.53. The maximum atomic E-state index is 10.4. The molecule has 1 aliphatic carbocycles. The molecule has 0 radical (unpaired) electrons. The van der Waals surface area contributed by atoms with Crippen molar-refractivity contribution in [2.24, 2.45) is 0 Å². The molecule has 1 aromatic carbocycles. The van der Waals surface area contributed by atoms with Gasteiger partial charge in [0.2, 0.25) is 0 Å². The van der Waals surface area contributed by atoms with Crippen molar-refractivity contribution in [1.82, 2.24) is 0 Å². The number of thiophene rings is 1. The van der Waals surface area contributed by atoms with Crippen molar-refractivity contribution < 1.29 is 5.11 Å². The fraction of sp³-hybridized carbons (Fsp3) is 0.286. The van der Waals surface area contributed by atoms with Crippen LogP contribution in [0.2, 0.25) is 10.0 Å². The molecule has 18 heavy (non-hydrogen) atoms. The van der Waals surface area contributed by atoms with Gasteiger partial charge in [0.15, 0.2) is 0 Å². The summed E-state index contributed by atoms with van der Waals surface area (Å²) < 4.78 is 0. The van der Waals surface area contributed by atoms with E-state index in [1.54, 1.807) is 29.5 Å². The number of benzene rings is 1. The molecule has 1 unspecified atom stereocenters. The summed E-state index contributed by atoms with van der Waals surface area (Å²) in [5.41, 5.74) is 2.07. The van der Waals surface area contributed by atoms with E-state index in [4.69, 9.17) is 23.2 Å². The largest absolute Gasteiger partial charge is 0.383 e. The zero-order valence-electron chi connectivity index (χ0n) is 9.62. The molecule has 0 fully saturated rings. The minimum atomic E-state index is -0.674. The molecule has 1 aromatic heterocycles. The Morgan fingerprint density at radius 2 is 2.00 bits per heavy atom. The zero-order valence-corrected chi connectivity index (χ0v) is 11.9. The predicted molar refractivity (Wildman–Crippen MR) is 76.9 cm³/mol. The molecule has 0 saturated heterocycles. The SMILES string of the molecule is OC(c1cc2c(s1)CCC2)c1cc(Cl)ccc1Cl. The lowest BCUT2D eigenvalue weighted by Crippen LogP contribution is -1.98. The van der Waals surface area contributed by atoms with Gasteiger partial charge in [0.1, 0.15) is 6.10 Å². The summed E-state index contributed by atoms with van der Waals surface area (Å²) in [7, 11) is 0. The highest BCUT2D eigenvalue weighted by Gasteiger charge is 2.21. The minimum absolute atomic E-state index is 0.556. The van der Waals surface area contributed by atoms with Crippen LogP contribution in [0, 0.1) is 0 Å². The molecule has 0 amide bonds. The molecule has 0 bridgehead atoms. The van der Waals surface area contributed by atoms with Crippen LogP contribution in [0.25, 0.3) is 0 Å². The fourth-order valence-electron chi connectivity index (χ4n) is 2.36. The molecule has 0 saturated carbocycles. The lowest BCUT2D eigenvalue weighted by Gasteiger charge is -2.11. The average molecular weight is 299 g/mol. The number of aliphatic hydroxyl groups is 1. The smallest absolute Gasteiger partial charge is 0.115 e. The first-order chi connectivity index (χ1) is 8.65. The first-order valence-electron chi connectivity index (χ1n) is 5.89. The number of fused-ring (bicyclic) bond motifs is 1. The van der Waals surface area contributed by atoms with E-state index in [0.29, 0.717) is 15.6 Å². The Hall–Kier alpha value is -0.540. The summed E-state index contributed by atoms with van der Waals surface area (Å²) in [5, 5.41) is 11.6. The van der Waals surface area contributed by atoms with Crippen LogP contribution in [0.1, 0.15) is 33.4 Å². The van der Waals surface area contributed by atoms with Gasteiger partial charge in [0, 0.05) is 25.4 Å². The van der Waals surface area contributed by atoms with Crippen LogP contribution in [0.5, 0.6) is 0 Å². The third kappa shape index (κ3) is 2.19. The summed E-state index contributed by atoms with van der Waals surface area (Å²) >= 11 is 13.8. The van der Waals surface area contributed by atoms with Gasteiger partial charge >= 0.3 is 0 Å². The molecule has 1 N–H and O–H groups in total. The van der Waals surface area contributed by atoms with Gasteiger partial charge in [-0.2, -0.15) is 0 Å². The molecule has 2 aromatic rings. The summed E-state index contributed by atoms with van der Waals surface area (Å²) in [4.78, 5) is 2.37.